The standard InChI is InChI=1S/C14H21F2NO/c1-14(2,18-3)8-7-10(17)9-11-12(15)5-4-6-13(11)16/h4-6,10H,7-9,17H2,1-3H3. The molecular formula is C14H21F2NO. The van der Waals surface area contributed by atoms with Crippen molar-refractivity contribution in [3.63, 3.8) is 0 Å². The highest BCUT2D eigenvalue weighted by Crippen LogP contribution is 2.19. The van der Waals surface area contributed by atoms with Crippen molar-refractivity contribution in [3.8, 4) is 0 Å². The van der Waals surface area contributed by atoms with E-state index < -0.39 is 11.6 Å². The summed E-state index contributed by atoms with van der Waals surface area (Å²) in [7, 11) is 1.64. The molecule has 0 fully saturated rings. The van der Waals surface area contributed by atoms with E-state index in [1.165, 1.54) is 18.2 Å². The fraction of sp³-hybridized carbons (Fsp3) is 0.571. The Hall–Kier alpha value is -1.00. The molecule has 1 rings (SSSR count). The molecule has 0 aliphatic carbocycles. The van der Waals surface area contributed by atoms with Crippen molar-refractivity contribution in [2.75, 3.05) is 7.11 Å². The van der Waals surface area contributed by atoms with E-state index in [1.807, 2.05) is 13.8 Å². The van der Waals surface area contributed by atoms with Gasteiger partial charge in [-0.2, -0.15) is 0 Å². The lowest BCUT2D eigenvalue weighted by Crippen LogP contribution is -2.30. The highest BCUT2D eigenvalue weighted by molar-refractivity contribution is 5.20. The molecule has 1 atom stereocenters. The Kier molecular flexibility index (Phi) is 5.23. The third-order valence-corrected chi connectivity index (χ3v) is 3.20. The van der Waals surface area contributed by atoms with E-state index >= 15 is 0 Å². The van der Waals surface area contributed by atoms with E-state index in [0.29, 0.717) is 6.42 Å². The topological polar surface area (TPSA) is 35.2 Å². The quantitative estimate of drug-likeness (QED) is 0.850. The molecule has 0 saturated carbocycles. The van der Waals surface area contributed by atoms with E-state index in [0.717, 1.165) is 6.42 Å². The molecule has 18 heavy (non-hydrogen) atoms. The van der Waals surface area contributed by atoms with Gasteiger partial charge in [0.15, 0.2) is 0 Å². The summed E-state index contributed by atoms with van der Waals surface area (Å²) in [4.78, 5) is 0. The van der Waals surface area contributed by atoms with Gasteiger partial charge in [0.2, 0.25) is 0 Å². The number of hydrogen-bond acceptors (Lipinski definition) is 2. The smallest absolute Gasteiger partial charge is 0.129 e. The predicted octanol–water partition coefficient (Wildman–Crippen LogP) is 3.04. The summed E-state index contributed by atoms with van der Waals surface area (Å²) < 4.78 is 32.1. The van der Waals surface area contributed by atoms with Gasteiger partial charge in [0.05, 0.1) is 5.60 Å². The Labute approximate surface area is 107 Å². The zero-order valence-electron chi connectivity index (χ0n) is 11.2. The second-order valence-electron chi connectivity index (χ2n) is 5.17. The van der Waals surface area contributed by atoms with E-state index in [9.17, 15) is 8.78 Å². The molecule has 0 bridgehead atoms. The van der Waals surface area contributed by atoms with E-state index in [1.54, 1.807) is 7.11 Å². The highest BCUT2D eigenvalue weighted by Gasteiger charge is 2.19. The number of halogens is 2. The molecule has 102 valence electrons. The van der Waals surface area contributed by atoms with Gasteiger partial charge in [-0.05, 0) is 45.2 Å². The van der Waals surface area contributed by atoms with Crippen molar-refractivity contribution in [1.82, 2.24) is 0 Å². The number of benzene rings is 1. The third kappa shape index (κ3) is 4.35. The number of methoxy groups -OCH3 is 1. The zero-order valence-corrected chi connectivity index (χ0v) is 11.2. The Morgan fingerprint density at radius 2 is 1.83 bits per heavy atom. The van der Waals surface area contributed by atoms with Crippen LogP contribution in [0.3, 0.4) is 0 Å². The van der Waals surface area contributed by atoms with Crippen molar-refractivity contribution in [2.24, 2.45) is 5.73 Å². The van der Waals surface area contributed by atoms with Crippen molar-refractivity contribution in [3.05, 3.63) is 35.4 Å². The summed E-state index contributed by atoms with van der Waals surface area (Å²) in [5, 5.41) is 0. The van der Waals surface area contributed by atoms with E-state index in [4.69, 9.17) is 10.5 Å². The van der Waals surface area contributed by atoms with Gasteiger partial charge < -0.3 is 10.5 Å². The number of hydrogen-bond donors (Lipinski definition) is 1. The molecule has 0 aliphatic rings. The van der Waals surface area contributed by atoms with Crippen LogP contribution in [0.4, 0.5) is 8.78 Å². The van der Waals surface area contributed by atoms with Gasteiger partial charge in [0.25, 0.3) is 0 Å². The largest absolute Gasteiger partial charge is 0.379 e. The van der Waals surface area contributed by atoms with Gasteiger partial charge in [0.1, 0.15) is 11.6 Å². The van der Waals surface area contributed by atoms with Gasteiger partial charge >= 0.3 is 0 Å². The van der Waals surface area contributed by atoms with Crippen LogP contribution in [0.15, 0.2) is 18.2 Å². The Morgan fingerprint density at radius 1 is 1.28 bits per heavy atom. The SMILES string of the molecule is COC(C)(C)CCC(N)Cc1c(F)cccc1F. The Bertz CT molecular complexity index is 373. The Balaban J connectivity index is 2.57. The van der Waals surface area contributed by atoms with Crippen LogP contribution in [0.25, 0.3) is 0 Å². The molecule has 2 N–H and O–H groups in total. The van der Waals surface area contributed by atoms with Gasteiger partial charge in [-0.3, -0.25) is 0 Å². The third-order valence-electron chi connectivity index (χ3n) is 3.20. The van der Waals surface area contributed by atoms with Crippen LogP contribution in [0.5, 0.6) is 0 Å². The van der Waals surface area contributed by atoms with Crippen LogP contribution in [-0.2, 0) is 11.2 Å². The minimum Gasteiger partial charge on any atom is -0.379 e. The zero-order chi connectivity index (χ0) is 13.8. The van der Waals surface area contributed by atoms with Gasteiger partial charge in [-0.15, -0.1) is 0 Å². The highest BCUT2D eigenvalue weighted by atomic mass is 19.1. The minimum atomic E-state index is -0.531. The van der Waals surface area contributed by atoms with E-state index in [-0.39, 0.29) is 23.6 Å². The molecule has 0 radical (unpaired) electrons. The second kappa shape index (κ2) is 6.25. The molecule has 1 aromatic rings. The summed E-state index contributed by atoms with van der Waals surface area (Å²) in [6.07, 6.45) is 1.62. The van der Waals surface area contributed by atoms with Crippen molar-refractivity contribution < 1.29 is 13.5 Å². The fourth-order valence-corrected chi connectivity index (χ4v) is 1.73. The molecule has 0 amide bonds. The summed E-state index contributed by atoms with van der Waals surface area (Å²) in [5.41, 5.74) is 5.73. The Morgan fingerprint density at radius 3 is 2.33 bits per heavy atom. The summed E-state index contributed by atoms with van der Waals surface area (Å²) in [5.74, 6) is -1.06. The summed E-state index contributed by atoms with van der Waals surface area (Å²) in [6.45, 7) is 3.92. The first-order chi connectivity index (χ1) is 8.35. The average Bonchev–Trinajstić information content (AvgIpc) is 2.32. The maximum atomic E-state index is 13.4. The predicted molar refractivity (Wildman–Crippen MR) is 68.4 cm³/mol. The lowest BCUT2D eigenvalue weighted by molar-refractivity contribution is 0.0125. The molecule has 0 aliphatic heterocycles. The molecule has 1 unspecified atom stereocenters. The maximum Gasteiger partial charge on any atom is 0.129 e. The average molecular weight is 257 g/mol. The van der Waals surface area contributed by atoms with Crippen LogP contribution in [-0.4, -0.2) is 18.8 Å². The van der Waals surface area contributed by atoms with Crippen LogP contribution >= 0.6 is 0 Å². The van der Waals surface area contributed by atoms with Gasteiger partial charge in [-0.25, -0.2) is 8.78 Å². The first-order valence-corrected chi connectivity index (χ1v) is 6.09. The molecule has 4 heteroatoms. The van der Waals surface area contributed by atoms with E-state index in [2.05, 4.69) is 0 Å². The summed E-state index contributed by atoms with van der Waals surface area (Å²) >= 11 is 0. The molecule has 0 heterocycles. The van der Waals surface area contributed by atoms with Gasteiger partial charge in [0, 0.05) is 18.7 Å². The van der Waals surface area contributed by atoms with Crippen LogP contribution in [0.2, 0.25) is 0 Å². The van der Waals surface area contributed by atoms with Crippen LogP contribution in [0, 0.1) is 11.6 Å². The fourth-order valence-electron chi connectivity index (χ4n) is 1.73. The molecule has 0 aromatic heterocycles. The van der Waals surface area contributed by atoms with Crippen molar-refractivity contribution >= 4 is 0 Å². The molecule has 2 nitrogen and oxygen atoms in total. The first kappa shape index (κ1) is 15.1. The maximum absolute atomic E-state index is 13.4. The second-order valence-corrected chi connectivity index (χ2v) is 5.17. The molecule has 1 aromatic carbocycles. The number of rotatable bonds is 6. The lowest BCUT2D eigenvalue weighted by Gasteiger charge is -2.24. The molecule has 0 spiro atoms. The molecular weight excluding hydrogens is 236 g/mol. The monoisotopic (exact) mass is 257 g/mol. The van der Waals surface area contributed by atoms with Crippen LogP contribution in [0.1, 0.15) is 32.3 Å². The minimum absolute atomic E-state index is 0.0697. The van der Waals surface area contributed by atoms with Crippen molar-refractivity contribution in [2.45, 2.75) is 44.8 Å². The first-order valence-electron chi connectivity index (χ1n) is 6.09. The molecule has 0 saturated heterocycles. The number of ether oxygens (including phenoxy) is 1. The van der Waals surface area contributed by atoms with Gasteiger partial charge in [-0.1, -0.05) is 6.07 Å². The van der Waals surface area contributed by atoms with Crippen molar-refractivity contribution in [1.29, 1.82) is 0 Å². The van der Waals surface area contributed by atoms with Crippen LogP contribution < -0.4 is 5.73 Å². The lowest BCUT2D eigenvalue weighted by atomic mass is 9.95. The number of nitrogens with two attached hydrogens (primary N) is 1. The summed E-state index contributed by atoms with van der Waals surface area (Å²) in [6, 6.07) is 3.59. The normalized spacial score (nSPS) is 13.7.